The Balaban J connectivity index is 2.03. The Morgan fingerprint density at radius 1 is 1.05 bits per heavy atom. The number of ether oxygens (including phenoxy) is 1. The fraction of sp³-hybridized carbons (Fsp3) is 0.118. The van der Waals surface area contributed by atoms with Gasteiger partial charge in [0.25, 0.3) is 0 Å². The molecule has 2 aromatic carbocycles. The number of aryl methyl sites for hydroxylation is 1. The Morgan fingerprint density at radius 3 is 2.80 bits per heavy atom. The zero-order valence-electron chi connectivity index (χ0n) is 11.6. The van der Waals surface area contributed by atoms with Gasteiger partial charge in [0.2, 0.25) is 0 Å². The van der Waals surface area contributed by atoms with Crippen LogP contribution in [0.25, 0.3) is 10.9 Å². The lowest BCUT2D eigenvalue weighted by molar-refractivity contribution is 0.415. The Morgan fingerprint density at radius 2 is 1.95 bits per heavy atom. The van der Waals surface area contributed by atoms with Crippen LogP contribution in [0.1, 0.15) is 5.56 Å². The molecule has 1 heterocycles. The Labute approximate surface area is 118 Å². The molecule has 0 spiro atoms. The number of anilines is 2. The lowest BCUT2D eigenvalue weighted by Crippen LogP contribution is -1.93. The molecule has 3 aromatic rings. The Hall–Kier alpha value is -2.55. The number of pyridine rings is 1. The third kappa shape index (κ3) is 2.43. The minimum atomic E-state index is 0.838. The summed E-state index contributed by atoms with van der Waals surface area (Å²) in [5.41, 5.74) is 4.26. The van der Waals surface area contributed by atoms with Crippen LogP contribution >= 0.6 is 0 Å². The van der Waals surface area contributed by atoms with Crippen LogP contribution in [0.2, 0.25) is 0 Å². The second kappa shape index (κ2) is 5.21. The SMILES string of the molecule is COc1cccc(Nc2ccnc3ccc(C)cc23)c1. The number of hydrogen-bond donors (Lipinski definition) is 1. The number of fused-ring (bicyclic) bond motifs is 1. The highest BCUT2D eigenvalue weighted by Crippen LogP contribution is 2.27. The van der Waals surface area contributed by atoms with Crippen LogP contribution in [0, 0.1) is 6.92 Å². The normalized spacial score (nSPS) is 10.5. The largest absolute Gasteiger partial charge is 0.497 e. The van der Waals surface area contributed by atoms with Crippen molar-refractivity contribution in [3.63, 3.8) is 0 Å². The third-order valence-corrected chi connectivity index (χ3v) is 3.25. The van der Waals surface area contributed by atoms with Crippen molar-refractivity contribution >= 4 is 22.3 Å². The van der Waals surface area contributed by atoms with E-state index in [9.17, 15) is 0 Å². The van der Waals surface area contributed by atoms with Gasteiger partial charge in [0.05, 0.1) is 12.6 Å². The predicted molar refractivity (Wildman–Crippen MR) is 82.8 cm³/mol. The highest BCUT2D eigenvalue weighted by atomic mass is 16.5. The first-order chi connectivity index (χ1) is 9.76. The molecule has 0 atom stereocenters. The van der Waals surface area contributed by atoms with Crippen LogP contribution < -0.4 is 10.1 Å². The van der Waals surface area contributed by atoms with E-state index in [4.69, 9.17) is 4.74 Å². The van der Waals surface area contributed by atoms with Crippen molar-refractivity contribution in [1.29, 1.82) is 0 Å². The maximum Gasteiger partial charge on any atom is 0.120 e. The van der Waals surface area contributed by atoms with Crippen LogP contribution in [0.5, 0.6) is 5.75 Å². The van der Waals surface area contributed by atoms with Gasteiger partial charge < -0.3 is 10.1 Å². The van der Waals surface area contributed by atoms with Gasteiger partial charge in [-0.2, -0.15) is 0 Å². The molecule has 3 nitrogen and oxygen atoms in total. The highest BCUT2D eigenvalue weighted by Gasteiger charge is 2.03. The zero-order chi connectivity index (χ0) is 13.9. The van der Waals surface area contributed by atoms with Crippen LogP contribution in [0.15, 0.2) is 54.7 Å². The molecule has 0 aliphatic carbocycles. The third-order valence-electron chi connectivity index (χ3n) is 3.25. The van der Waals surface area contributed by atoms with E-state index in [1.165, 1.54) is 5.56 Å². The standard InChI is InChI=1S/C17H16N2O/c1-12-6-7-16-15(10-12)17(8-9-18-16)19-13-4-3-5-14(11-13)20-2/h3-11H,1-2H3,(H,18,19). The molecule has 3 heteroatoms. The number of hydrogen-bond acceptors (Lipinski definition) is 3. The molecule has 0 radical (unpaired) electrons. The second-order valence-corrected chi connectivity index (χ2v) is 4.74. The molecule has 0 unspecified atom stereocenters. The lowest BCUT2D eigenvalue weighted by Gasteiger charge is -2.11. The summed E-state index contributed by atoms with van der Waals surface area (Å²) < 4.78 is 5.25. The number of methoxy groups -OCH3 is 1. The molecule has 1 aromatic heterocycles. The molecule has 0 bridgehead atoms. The van der Waals surface area contributed by atoms with Gasteiger partial charge in [-0.1, -0.05) is 17.7 Å². The maximum absolute atomic E-state index is 5.25. The first-order valence-corrected chi connectivity index (χ1v) is 6.53. The zero-order valence-corrected chi connectivity index (χ0v) is 11.6. The molecule has 1 N–H and O–H groups in total. The Bertz CT molecular complexity index is 753. The molecule has 0 saturated carbocycles. The molecule has 0 fully saturated rings. The maximum atomic E-state index is 5.25. The van der Waals surface area contributed by atoms with Crippen molar-refractivity contribution in [1.82, 2.24) is 4.98 Å². The summed E-state index contributed by atoms with van der Waals surface area (Å²) in [6.07, 6.45) is 1.82. The van der Waals surface area contributed by atoms with E-state index in [0.29, 0.717) is 0 Å². The average molecular weight is 264 g/mol. The Kier molecular flexibility index (Phi) is 3.25. The molecule has 100 valence electrons. The lowest BCUT2D eigenvalue weighted by atomic mass is 10.1. The van der Waals surface area contributed by atoms with Gasteiger partial charge in [-0.3, -0.25) is 4.98 Å². The molecule has 0 aliphatic rings. The summed E-state index contributed by atoms with van der Waals surface area (Å²) in [6.45, 7) is 2.09. The van der Waals surface area contributed by atoms with E-state index in [0.717, 1.165) is 28.0 Å². The van der Waals surface area contributed by atoms with Crippen molar-refractivity contribution in [3.8, 4) is 5.75 Å². The van der Waals surface area contributed by atoms with Gasteiger partial charge in [-0.15, -0.1) is 0 Å². The predicted octanol–water partition coefficient (Wildman–Crippen LogP) is 4.30. The molecule has 0 amide bonds. The summed E-state index contributed by atoms with van der Waals surface area (Å²) in [5, 5.41) is 4.55. The van der Waals surface area contributed by atoms with Gasteiger partial charge >= 0.3 is 0 Å². The molecule has 20 heavy (non-hydrogen) atoms. The first-order valence-electron chi connectivity index (χ1n) is 6.53. The smallest absolute Gasteiger partial charge is 0.120 e. The van der Waals surface area contributed by atoms with Crippen molar-refractivity contribution < 1.29 is 4.74 Å². The van der Waals surface area contributed by atoms with E-state index in [2.05, 4.69) is 29.4 Å². The van der Waals surface area contributed by atoms with Crippen LogP contribution in [0.3, 0.4) is 0 Å². The quantitative estimate of drug-likeness (QED) is 0.766. The minimum Gasteiger partial charge on any atom is -0.497 e. The summed E-state index contributed by atoms with van der Waals surface area (Å²) in [5.74, 6) is 0.838. The van der Waals surface area contributed by atoms with Crippen LogP contribution in [-0.4, -0.2) is 12.1 Å². The fourth-order valence-corrected chi connectivity index (χ4v) is 2.23. The topological polar surface area (TPSA) is 34.1 Å². The van der Waals surface area contributed by atoms with Crippen molar-refractivity contribution in [2.45, 2.75) is 6.92 Å². The van der Waals surface area contributed by atoms with E-state index in [-0.39, 0.29) is 0 Å². The minimum absolute atomic E-state index is 0.838. The van der Waals surface area contributed by atoms with Gasteiger partial charge in [-0.25, -0.2) is 0 Å². The summed E-state index contributed by atoms with van der Waals surface area (Å²) in [4.78, 5) is 4.39. The molecule has 0 saturated heterocycles. The van der Waals surface area contributed by atoms with Crippen molar-refractivity contribution in [3.05, 3.63) is 60.3 Å². The van der Waals surface area contributed by atoms with Gasteiger partial charge in [-0.05, 0) is 37.3 Å². The number of nitrogens with one attached hydrogen (secondary N) is 1. The summed E-state index contributed by atoms with van der Waals surface area (Å²) in [6, 6.07) is 16.1. The summed E-state index contributed by atoms with van der Waals surface area (Å²) in [7, 11) is 1.67. The molecular weight excluding hydrogens is 248 g/mol. The fourth-order valence-electron chi connectivity index (χ4n) is 2.23. The van der Waals surface area contributed by atoms with E-state index in [1.54, 1.807) is 7.11 Å². The van der Waals surface area contributed by atoms with E-state index < -0.39 is 0 Å². The van der Waals surface area contributed by atoms with E-state index in [1.807, 2.05) is 42.6 Å². The number of rotatable bonds is 3. The number of nitrogens with zero attached hydrogens (tertiary/aromatic N) is 1. The summed E-state index contributed by atoms with van der Waals surface area (Å²) >= 11 is 0. The van der Waals surface area contributed by atoms with Gasteiger partial charge in [0.15, 0.2) is 0 Å². The molecule has 3 rings (SSSR count). The highest BCUT2D eigenvalue weighted by molar-refractivity contribution is 5.93. The number of benzene rings is 2. The monoisotopic (exact) mass is 264 g/mol. The van der Waals surface area contributed by atoms with Crippen LogP contribution in [-0.2, 0) is 0 Å². The first kappa shape index (κ1) is 12.5. The molecule has 0 aliphatic heterocycles. The number of aromatic nitrogens is 1. The molecular formula is C17H16N2O. The van der Waals surface area contributed by atoms with Crippen molar-refractivity contribution in [2.75, 3.05) is 12.4 Å². The van der Waals surface area contributed by atoms with Gasteiger partial charge in [0, 0.05) is 29.0 Å². The van der Waals surface area contributed by atoms with E-state index >= 15 is 0 Å². The van der Waals surface area contributed by atoms with Crippen molar-refractivity contribution in [2.24, 2.45) is 0 Å². The van der Waals surface area contributed by atoms with Crippen LogP contribution in [0.4, 0.5) is 11.4 Å². The van der Waals surface area contributed by atoms with Gasteiger partial charge in [0.1, 0.15) is 5.75 Å². The average Bonchev–Trinajstić information content (AvgIpc) is 2.48. The second-order valence-electron chi connectivity index (χ2n) is 4.74.